The predicted molar refractivity (Wildman–Crippen MR) is 87.2 cm³/mol. The third-order valence-electron chi connectivity index (χ3n) is 3.52. The van der Waals surface area contributed by atoms with E-state index >= 15 is 0 Å². The van der Waals surface area contributed by atoms with Crippen LogP contribution in [-0.2, 0) is 0 Å². The van der Waals surface area contributed by atoms with Gasteiger partial charge in [-0.25, -0.2) is 9.18 Å². The van der Waals surface area contributed by atoms with Gasteiger partial charge in [0.25, 0.3) is 5.91 Å². The maximum atomic E-state index is 13.6. The van der Waals surface area contributed by atoms with Gasteiger partial charge < -0.3 is 5.32 Å². The van der Waals surface area contributed by atoms with Crippen LogP contribution in [0.15, 0.2) is 53.6 Å². The fraction of sp³-hybridized carbons (Fsp3) is 0.0588. The highest BCUT2D eigenvalue weighted by Crippen LogP contribution is 2.24. The zero-order valence-corrected chi connectivity index (χ0v) is 12.7. The number of hydrogen-bond donors (Lipinski definition) is 2. The van der Waals surface area contributed by atoms with E-state index in [4.69, 9.17) is 0 Å². The summed E-state index contributed by atoms with van der Waals surface area (Å²) < 4.78 is 13.6. The standard InChI is InChI=1S/C17H13FN4O2/c1-10-11(14-7-2-3-8-19-14)5-4-6-12(10)16(23)21-15-13(18)9-20-17(24)22-15/h2-9H,1H3,(H2,20,21,22,23,24). The minimum Gasteiger partial charge on any atom is -0.306 e. The molecular weight excluding hydrogens is 311 g/mol. The summed E-state index contributed by atoms with van der Waals surface area (Å²) in [4.78, 5) is 33.3. The summed E-state index contributed by atoms with van der Waals surface area (Å²) >= 11 is 0. The molecule has 2 N–H and O–H groups in total. The van der Waals surface area contributed by atoms with Crippen LogP contribution in [0, 0.1) is 12.7 Å². The van der Waals surface area contributed by atoms with E-state index in [-0.39, 0.29) is 5.82 Å². The van der Waals surface area contributed by atoms with E-state index in [1.54, 1.807) is 31.3 Å². The first-order valence-electron chi connectivity index (χ1n) is 7.13. The smallest absolute Gasteiger partial charge is 0.306 e. The summed E-state index contributed by atoms with van der Waals surface area (Å²) in [5.41, 5.74) is 1.84. The Morgan fingerprint density at radius 2 is 2.00 bits per heavy atom. The van der Waals surface area contributed by atoms with Crippen LogP contribution in [0.2, 0.25) is 0 Å². The number of halogens is 1. The van der Waals surface area contributed by atoms with E-state index < -0.39 is 17.4 Å². The molecule has 0 bridgehead atoms. The van der Waals surface area contributed by atoms with Gasteiger partial charge in [0.2, 0.25) is 0 Å². The van der Waals surface area contributed by atoms with Gasteiger partial charge in [0.1, 0.15) is 0 Å². The van der Waals surface area contributed by atoms with Gasteiger partial charge in [-0.15, -0.1) is 0 Å². The summed E-state index contributed by atoms with van der Waals surface area (Å²) in [5.74, 6) is -1.67. The highest BCUT2D eigenvalue weighted by molar-refractivity contribution is 6.05. The van der Waals surface area contributed by atoms with Crippen LogP contribution in [0.4, 0.5) is 10.2 Å². The normalized spacial score (nSPS) is 10.4. The zero-order valence-electron chi connectivity index (χ0n) is 12.7. The molecule has 1 amide bonds. The Hall–Kier alpha value is -3.35. The van der Waals surface area contributed by atoms with E-state index in [0.717, 1.165) is 17.5 Å². The number of carbonyl (C=O) groups is 1. The fourth-order valence-electron chi connectivity index (χ4n) is 2.33. The van der Waals surface area contributed by atoms with Gasteiger partial charge in [0, 0.05) is 17.3 Å². The Labute approximate surface area is 136 Å². The summed E-state index contributed by atoms with van der Waals surface area (Å²) in [6, 6.07) is 10.7. The van der Waals surface area contributed by atoms with E-state index in [2.05, 4.69) is 20.3 Å². The van der Waals surface area contributed by atoms with Gasteiger partial charge >= 0.3 is 5.69 Å². The average molecular weight is 324 g/mol. The van der Waals surface area contributed by atoms with Crippen LogP contribution in [0.3, 0.4) is 0 Å². The van der Waals surface area contributed by atoms with Crippen molar-refractivity contribution in [2.24, 2.45) is 0 Å². The molecular formula is C17H13FN4O2. The number of hydrogen-bond acceptors (Lipinski definition) is 4. The molecule has 0 aliphatic carbocycles. The van der Waals surface area contributed by atoms with E-state index in [9.17, 15) is 14.0 Å². The summed E-state index contributed by atoms with van der Waals surface area (Å²) in [5, 5.41) is 2.36. The molecule has 6 nitrogen and oxygen atoms in total. The van der Waals surface area contributed by atoms with E-state index in [1.165, 1.54) is 0 Å². The Morgan fingerprint density at radius 3 is 2.75 bits per heavy atom. The first-order valence-corrected chi connectivity index (χ1v) is 7.13. The molecule has 0 atom stereocenters. The number of rotatable bonds is 3. The van der Waals surface area contributed by atoms with Gasteiger partial charge in [-0.05, 0) is 30.7 Å². The van der Waals surface area contributed by atoms with Crippen molar-refractivity contribution in [3.63, 3.8) is 0 Å². The Balaban J connectivity index is 1.96. The number of aromatic amines is 1. The second-order valence-electron chi connectivity index (χ2n) is 5.06. The molecule has 0 saturated carbocycles. The van der Waals surface area contributed by atoms with Crippen molar-refractivity contribution in [2.75, 3.05) is 5.32 Å². The highest BCUT2D eigenvalue weighted by Gasteiger charge is 2.15. The van der Waals surface area contributed by atoms with Crippen molar-refractivity contribution in [1.82, 2.24) is 15.0 Å². The van der Waals surface area contributed by atoms with Crippen LogP contribution < -0.4 is 11.0 Å². The number of H-pyrrole nitrogens is 1. The molecule has 1 aromatic carbocycles. The Kier molecular flexibility index (Phi) is 4.15. The first kappa shape index (κ1) is 15.5. The van der Waals surface area contributed by atoms with Gasteiger partial charge in [0.15, 0.2) is 11.6 Å². The van der Waals surface area contributed by atoms with Crippen LogP contribution >= 0.6 is 0 Å². The predicted octanol–water partition coefficient (Wildman–Crippen LogP) is 2.53. The van der Waals surface area contributed by atoms with Crippen molar-refractivity contribution < 1.29 is 9.18 Å². The van der Waals surface area contributed by atoms with Gasteiger partial charge in [-0.3, -0.25) is 14.8 Å². The molecule has 0 unspecified atom stereocenters. The first-order chi connectivity index (χ1) is 11.6. The summed E-state index contributed by atoms with van der Waals surface area (Å²) in [6.45, 7) is 1.78. The molecule has 2 aromatic heterocycles. The number of amides is 1. The quantitative estimate of drug-likeness (QED) is 0.775. The van der Waals surface area contributed by atoms with Crippen molar-refractivity contribution in [2.45, 2.75) is 6.92 Å². The monoisotopic (exact) mass is 324 g/mol. The molecule has 0 fully saturated rings. The molecule has 7 heteroatoms. The summed E-state index contributed by atoms with van der Waals surface area (Å²) in [7, 11) is 0. The molecule has 3 aromatic rings. The highest BCUT2D eigenvalue weighted by atomic mass is 19.1. The van der Waals surface area contributed by atoms with Crippen LogP contribution in [0.1, 0.15) is 15.9 Å². The van der Waals surface area contributed by atoms with Gasteiger partial charge in [-0.2, -0.15) is 4.98 Å². The number of benzene rings is 1. The molecule has 0 radical (unpaired) electrons. The lowest BCUT2D eigenvalue weighted by Crippen LogP contribution is -2.20. The molecule has 120 valence electrons. The van der Waals surface area contributed by atoms with E-state index in [1.807, 2.05) is 18.2 Å². The largest absolute Gasteiger partial charge is 0.346 e. The van der Waals surface area contributed by atoms with Crippen molar-refractivity contribution in [3.05, 3.63) is 76.2 Å². The molecule has 24 heavy (non-hydrogen) atoms. The molecule has 0 aliphatic heterocycles. The number of anilines is 1. The lowest BCUT2D eigenvalue weighted by atomic mass is 9.99. The fourth-order valence-corrected chi connectivity index (χ4v) is 2.33. The topological polar surface area (TPSA) is 87.7 Å². The molecule has 0 saturated heterocycles. The Morgan fingerprint density at radius 1 is 1.17 bits per heavy atom. The maximum absolute atomic E-state index is 13.6. The minimum absolute atomic E-state index is 0.317. The molecule has 0 spiro atoms. The number of nitrogens with zero attached hydrogens (tertiary/aromatic N) is 2. The molecule has 0 aliphatic rings. The van der Waals surface area contributed by atoms with Crippen molar-refractivity contribution in [1.29, 1.82) is 0 Å². The second-order valence-corrected chi connectivity index (χ2v) is 5.06. The number of carbonyl (C=O) groups excluding carboxylic acids is 1. The third kappa shape index (κ3) is 3.05. The van der Waals surface area contributed by atoms with Gasteiger partial charge in [-0.1, -0.05) is 18.2 Å². The maximum Gasteiger partial charge on any atom is 0.346 e. The molecule has 2 heterocycles. The number of pyridine rings is 1. The van der Waals surface area contributed by atoms with E-state index in [0.29, 0.717) is 11.1 Å². The van der Waals surface area contributed by atoms with Crippen LogP contribution in [0.25, 0.3) is 11.3 Å². The SMILES string of the molecule is Cc1c(C(=O)Nc2[nH]c(=O)ncc2F)cccc1-c1ccccn1. The Bertz CT molecular complexity index is 954. The average Bonchev–Trinajstić information content (AvgIpc) is 2.59. The lowest BCUT2D eigenvalue weighted by molar-refractivity contribution is 0.102. The van der Waals surface area contributed by atoms with Gasteiger partial charge in [0.05, 0.1) is 11.9 Å². The molecule has 3 rings (SSSR count). The zero-order chi connectivity index (χ0) is 17.1. The summed E-state index contributed by atoms with van der Waals surface area (Å²) in [6.07, 6.45) is 2.42. The van der Waals surface area contributed by atoms with Crippen molar-refractivity contribution >= 4 is 11.7 Å². The van der Waals surface area contributed by atoms with Crippen LogP contribution in [-0.4, -0.2) is 20.9 Å². The third-order valence-corrected chi connectivity index (χ3v) is 3.52. The number of aromatic nitrogens is 3. The lowest BCUT2D eigenvalue weighted by Gasteiger charge is -2.11. The minimum atomic E-state index is -0.818. The number of nitrogens with one attached hydrogen (secondary N) is 2. The second kappa shape index (κ2) is 6.41. The van der Waals surface area contributed by atoms with Crippen molar-refractivity contribution in [3.8, 4) is 11.3 Å². The van der Waals surface area contributed by atoms with Crippen LogP contribution in [0.5, 0.6) is 0 Å².